The molecule has 0 aliphatic carbocycles. The van der Waals surface area contributed by atoms with E-state index in [1.165, 1.54) is 32.4 Å². The topological polar surface area (TPSA) is 102 Å². The molecule has 0 saturated carbocycles. The minimum absolute atomic E-state index is 0.0775. The molecule has 2 rings (SSSR count). The molecule has 0 atom stereocenters. The molecule has 2 aromatic rings. The zero-order valence-corrected chi connectivity index (χ0v) is 13.3. The Kier molecular flexibility index (Phi) is 4.75. The van der Waals surface area contributed by atoms with Gasteiger partial charge in [-0.15, -0.1) is 0 Å². The smallest absolute Gasteiger partial charge is 0.339 e. The molecule has 8 heteroatoms. The molecular weight excluding hydrogens is 322 g/mol. The molecule has 0 saturated heterocycles. The second kappa shape index (κ2) is 6.57. The van der Waals surface area contributed by atoms with Crippen LogP contribution in [0.4, 0.5) is 5.69 Å². The lowest BCUT2D eigenvalue weighted by molar-refractivity contribution is 0.0693. The van der Waals surface area contributed by atoms with Gasteiger partial charge in [0.05, 0.1) is 24.8 Å². The van der Waals surface area contributed by atoms with Gasteiger partial charge in [-0.1, -0.05) is 12.1 Å². The third-order valence-corrected chi connectivity index (χ3v) is 4.43. The molecule has 122 valence electrons. The van der Waals surface area contributed by atoms with Crippen LogP contribution in [0.3, 0.4) is 0 Å². The first-order valence-corrected chi connectivity index (χ1v) is 7.94. The van der Waals surface area contributed by atoms with E-state index >= 15 is 0 Å². The van der Waals surface area contributed by atoms with E-state index in [0.717, 1.165) is 6.07 Å². The van der Waals surface area contributed by atoms with Crippen molar-refractivity contribution in [1.29, 1.82) is 0 Å². The number of carboxylic acids is 1. The summed E-state index contributed by atoms with van der Waals surface area (Å²) >= 11 is 0. The number of para-hydroxylation sites is 2. The van der Waals surface area contributed by atoms with Gasteiger partial charge in [-0.25, -0.2) is 13.2 Å². The van der Waals surface area contributed by atoms with E-state index in [1.54, 1.807) is 18.2 Å². The summed E-state index contributed by atoms with van der Waals surface area (Å²) in [6, 6.07) is 10.1. The Hall–Kier alpha value is -2.74. The number of aromatic carboxylic acids is 1. The zero-order chi connectivity index (χ0) is 17.0. The van der Waals surface area contributed by atoms with Crippen molar-refractivity contribution < 1.29 is 27.8 Å². The van der Waals surface area contributed by atoms with Gasteiger partial charge in [0.15, 0.2) is 0 Å². The normalized spacial score (nSPS) is 10.9. The molecule has 0 aliphatic rings. The predicted octanol–water partition coefficient (Wildman–Crippen LogP) is 2.20. The molecule has 7 nitrogen and oxygen atoms in total. The van der Waals surface area contributed by atoms with Gasteiger partial charge in [0.25, 0.3) is 10.0 Å². The van der Waals surface area contributed by atoms with E-state index in [4.69, 9.17) is 14.6 Å². The number of benzene rings is 2. The van der Waals surface area contributed by atoms with Crippen LogP contribution in [-0.2, 0) is 10.0 Å². The average molecular weight is 337 g/mol. The Bertz CT molecular complexity index is 832. The maximum Gasteiger partial charge on any atom is 0.339 e. The van der Waals surface area contributed by atoms with Gasteiger partial charge in [-0.05, 0) is 30.3 Å². The fraction of sp³-hybridized carbons (Fsp3) is 0.133. The number of carbonyl (C=O) groups is 1. The van der Waals surface area contributed by atoms with Crippen molar-refractivity contribution in [3.8, 4) is 11.5 Å². The zero-order valence-electron chi connectivity index (χ0n) is 12.4. The summed E-state index contributed by atoms with van der Waals surface area (Å²) in [5.74, 6) is -0.854. The summed E-state index contributed by atoms with van der Waals surface area (Å²) in [4.78, 5) is 11.0. The van der Waals surface area contributed by atoms with E-state index < -0.39 is 16.0 Å². The van der Waals surface area contributed by atoms with Crippen LogP contribution in [0.15, 0.2) is 47.4 Å². The average Bonchev–Trinajstić information content (AvgIpc) is 2.54. The molecule has 0 fully saturated rings. The third kappa shape index (κ3) is 3.54. The Morgan fingerprint density at radius 2 is 1.70 bits per heavy atom. The fourth-order valence-corrected chi connectivity index (χ4v) is 3.05. The first-order chi connectivity index (χ1) is 10.9. The lowest BCUT2D eigenvalue weighted by Gasteiger charge is -2.12. The van der Waals surface area contributed by atoms with Crippen LogP contribution in [0.25, 0.3) is 0 Å². The molecule has 23 heavy (non-hydrogen) atoms. The molecule has 0 aromatic heterocycles. The number of anilines is 1. The number of hydrogen-bond donors (Lipinski definition) is 2. The van der Waals surface area contributed by atoms with E-state index in [9.17, 15) is 13.2 Å². The molecule has 0 aliphatic heterocycles. The number of ether oxygens (including phenoxy) is 2. The number of nitrogens with one attached hydrogen (secondary N) is 1. The van der Waals surface area contributed by atoms with Crippen LogP contribution in [0.1, 0.15) is 10.4 Å². The largest absolute Gasteiger partial charge is 0.496 e. The van der Waals surface area contributed by atoms with Crippen molar-refractivity contribution in [1.82, 2.24) is 0 Å². The fourth-order valence-electron chi connectivity index (χ4n) is 1.95. The number of sulfonamides is 1. The number of carboxylic acid groups (broad SMARTS) is 1. The summed E-state index contributed by atoms with van der Waals surface area (Å²) in [7, 11) is -1.25. The van der Waals surface area contributed by atoms with Gasteiger partial charge in [0.1, 0.15) is 17.1 Å². The molecule has 0 bridgehead atoms. The monoisotopic (exact) mass is 337 g/mol. The Labute approximate surface area is 133 Å². The Balaban J connectivity index is 2.44. The summed E-state index contributed by atoms with van der Waals surface area (Å²) in [6.45, 7) is 0. The van der Waals surface area contributed by atoms with E-state index in [-0.39, 0.29) is 21.9 Å². The van der Waals surface area contributed by atoms with E-state index in [0.29, 0.717) is 5.75 Å². The Morgan fingerprint density at radius 3 is 2.30 bits per heavy atom. The standard InChI is InChI=1S/C15H15NO6S/c1-21-13-8-7-10(9-11(13)15(17)18)23(19,20)16-12-5-3-4-6-14(12)22-2/h3-9,16H,1-2H3,(H,17,18). The van der Waals surface area contributed by atoms with Crippen molar-refractivity contribution in [2.45, 2.75) is 4.90 Å². The van der Waals surface area contributed by atoms with Crippen LogP contribution >= 0.6 is 0 Å². The van der Waals surface area contributed by atoms with E-state index in [1.807, 2.05) is 0 Å². The van der Waals surface area contributed by atoms with Crippen molar-refractivity contribution >= 4 is 21.7 Å². The lowest BCUT2D eigenvalue weighted by Crippen LogP contribution is -2.14. The third-order valence-electron chi connectivity index (χ3n) is 3.06. The highest BCUT2D eigenvalue weighted by atomic mass is 32.2. The van der Waals surface area contributed by atoms with Gasteiger partial charge in [0.2, 0.25) is 0 Å². The first-order valence-electron chi connectivity index (χ1n) is 6.46. The number of methoxy groups -OCH3 is 2. The predicted molar refractivity (Wildman–Crippen MR) is 83.8 cm³/mol. The van der Waals surface area contributed by atoms with Gasteiger partial charge in [-0.2, -0.15) is 0 Å². The highest BCUT2D eigenvalue weighted by Gasteiger charge is 2.20. The minimum Gasteiger partial charge on any atom is -0.496 e. The highest BCUT2D eigenvalue weighted by Crippen LogP contribution is 2.28. The van der Waals surface area contributed by atoms with Gasteiger partial charge >= 0.3 is 5.97 Å². The quantitative estimate of drug-likeness (QED) is 0.838. The lowest BCUT2D eigenvalue weighted by atomic mass is 10.2. The first kappa shape index (κ1) is 16.6. The molecule has 0 unspecified atom stereocenters. The minimum atomic E-state index is -3.98. The molecular formula is C15H15NO6S. The SMILES string of the molecule is COc1ccccc1NS(=O)(=O)c1ccc(OC)c(C(=O)O)c1. The summed E-state index contributed by atoms with van der Waals surface area (Å²) in [5, 5.41) is 9.14. The van der Waals surface area contributed by atoms with Crippen molar-refractivity contribution in [3.63, 3.8) is 0 Å². The molecule has 0 radical (unpaired) electrons. The van der Waals surface area contributed by atoms with Crippen LogP contribution in [-0.4, -0.2) is 33.7 Å². The maximum atomic E-state index is 12.4. The second-order valence-electron chi connectivity index (χ2n) is 4.47. The second-order valence-corrected chi connectivity index (χ2v) is 6.16. The van der Waals surface area contributed by atoms with Crippen molar-refractivity contribution in [3.05, 3.63) is 48.0 Å². The summed E-state index contributed by atoms with van der Waals surface area (Å²) in [5.41, 5.74) is 0.0121. The van der Waals surface area contributed by atoms with Gasteiger partial charge < -0.3 is 14.6 Å². The molecule has 0 heterocycles. The van der Waals surface area contributed by atoms with E-state index in [2.05, 4.69) is 4.72 Å². The molecule has 2 aromatic carbocycles. The molecule has 2 N–H and O–H groups in total. The summed E-state index contributed by atoms with van der Waals surface area (Å²) < 4.78 is 37.3. The number of rotatable bonds is 6. The van der Waals surface area contributed by atoms with Crippen LogP contribution in [0, 0.1) is 0 Å². The van der Waals surface area contributed by atoms with Crippen molar-refractivity contribution in [2.24, 2.45) is 0 Å². The Morgan fingerprint density at radius 1 is 1.04 bits per heavy atom. The molecule has 0 amide bonds. The van der Waals surface area contributed by atoms with Crippen LogP contribution in [0.5, 0.6) is 11.5 Å². The molecule has 0 spiro atoms. The van der Waals surface area contributed by atoms with Crippen LogP contribution < -0.4 is 14.2 Å². The maximum absolute atomic E-state index is 12.4. The van der Waals surface area contributed by atoms with Gasteiger partial charge in [0, 0.05) is 0 Å². The summed E-state index contributed by atoms with van der Waals surface area (Å²) in [6.07, 6.45) is 0. The van der Waals surface area contributed by atoms with Gasteiger partial charge in [-0.3, -0.25) is 4.72 Å². The van der Waals surface area contributed by atoms with Crippen molar-refractivity contribution in [2.75, 3.05) is 18.9 Å². The number of hydrogen-bond acceptors (Lipinski definition) is 5. The van der Waals surface area contributed by atoms with Crippen LogP contribution in [0.2, 0.25) is 0 Å². The highest BCUT2D eigenvalue weighted by molar-refractivity contribution is 7.92.